The molecule has 1 amide bonds. The van der Waals surface area contributed by atoms with Gasteiger partial charge in [0.1, 0.15) is 6.54 Å². The Kier molecular flexibility index (Phi) is 5.55. The van der Waals surface area contributed by atoms with Gasteiger partial charge in [0.25, 0.3) is 0 Å². The number of carbonyl (C=O) groups excluding carboxylic acids is 1. The molecule has 0 saturated heterocycles. The Morgan fingerprint density at radius 1 is 1.26 bits per heavy atom. The molecule has 1 rings (SSSR count). The summed E-state index contributed by atoms with van der Waals surface area (Å²) in [6.07, 6.45) is 0.634. The van der Waals surface area contributed by atoms with Crippen LogP contribution in [0.4, 0.5) is 0 Å². The van der Waals surface area contributed by atoms with E-state index in [-0.39, 0.29) is 18.4 Å². The third-order valence-corrected chi connectivity index (χ3v) is 3.10. The Labute approximate surface area is 114 Å². The molecule has 104 valence electrons. The smallest absolute Gasteiger partial charge is 0.323 e. The molecule has 1 N–H and O–H groups in total. The SMILES string of the molecule is CCN(CC(=O)O)C(=O)C(C)Cc1ccc(C)cc1. The first kappa shape index (κ1) is 15.2. The van der Waals surface area contributed by atoms with Gasteiger partial charge in [-0.2, -0.15) is 0 Å². The first-order valence-electron chi connectivity index (χ1n) is 6.50. The van der Waals surface area contributed by atoms with E-state index in [0.717, 1.165) is 5.56 Å². The molecule has 0 aliphatic carbocycles. The van der Waals surface area contributed by atoms with E-state index in [2.05, 4.69) is 0 Å². The molecule has 4 heteroatoms. The van der Waals surface area contributed by atoms with Gasteiger partial charge in [0.15, 0.2) is 0 Å². The minimum atomic E-state index is -0.974. The average molecular weight is 263 g/mol. The molecule has 1 unspecified atom stereocenters. The van der Waals surface area contributed by atoms with Crippen LogP contribution in [0.2, 0.25) is 0 Å². The van der Waals surface area contributed by atoms with Crippen molar-refractivity contribution >= 4 is 11.9 Å². The average Bonchev–Trinajstić information content (AvgIpc) is 2.37. The molecule has 1 aromatic carbocycles. The molecule has 0 aromatic heterocycles. The lowest BCUT2D eigenvalue weighted by molar-refractivity contribution is -0.145. The fourth-order valence-electron chi connectivity index (χ4n) is 1.99. The summed E-state index contributed by atoms with van der Waals surface area (Å²) in [5.41, 5.74) is 2.28. The van der Waals surface area contributed by atoms with Crippen LogP contribution in [0.25, 0.3) is 0 Å². The second-order valence-electron chi connectivity index (χ2n) is 4.84. The monoisotopic (exact) mass is 263 g/mol. The summed E-state index contributed by atoms with van der Waals surface area (Å²) in [5, 5.41) is 8.77. The van der Waals surface area contributed by atoms with Gasteiger partial charge >= 0.3 is 5.97 Å². The number of nitrogens with zero attached hydrogens (tertiary/aromatic N) is 1. The van der Waals surface area contributed by atoms with E-state index in [0.29, 0.717) is 13.0 Å². The summed E-state index contributed by atoms with van der Waals surface area (Å²) in [6.45, 7) is 5.84. The lowest BCUT2D eigenvalue weighted by Gasteiger charge is -2.22. The van der Waals surface area contributed by atoms with Gasteiger partial charge < -0.3 is 10.0 Å². The number of hydrogen-bond donors (Lipinski definition) is 1. The number of hydrogen-bond acceptors (Lipinski definition) is 2. The normalized spacial score (nSPS) is 11.9. The lowest BCUT2D eigenvalue weighted by Crippen LogP contribution is -2.39. The molecule has 0 heterocycles. The quantitative estimate of drug-likeness (QED) is 0.855. The van der Waals surface area contributed by atoms with E-state index in [4.69, 9.17) is 5.11 Å². The van der Waals surface area contributed by atoms with Crippen LogP contribution >= 0.6 is 0 Å². The highest BCUT2D eigenvalue weighted by molar-refractivity contribution is 5.83. The summed E-state index contributed by atoms with van der Waals surface area (Å²) < 4.78 is 0. The van der Waals surface area contributed by atoms with Crippen LogP contribution < -0.4 is 0 Å². The van der Waals surface area contributed by atoms with Crippen molar-refractivity contribution in [1.29, 1.82) is 0 Å². The number of amides is 1. The molecule has 0 aliphatic rings. The predicted molar refractivity (Wildman–Crippen MR) is 73.9 cm³/mol. The number of carboxylic acids is 1. The second kappa shape index (κ2) is 6.92. The van der Waals surface area contributed by atoms with Crippen molar-refractivity contribution < 1.29 is 14.7 Å². The van der Waals surface area contributed by atoms with Crippen LogP contribution in [-0.4, -0.2) is 35.0 Å². The van der Waals surface area contributed by atoms with E-state index in [1.54, 1.807) is 6.92 Å². The van der Waals surface area contributed by atoms with Crippen molar-refractivity contribution in [2.45, 2.75) is 27.2 Å². The van der Waals surface area contributed by atoms with Crippen molar-refractivity contribution in [3.63, 3.8) is 0 Å². The molecule has 4 nitrogen and oxygen atoms in total. The first-order chi connectivity index (χ1) is 8.93. The summed E-state index contributed by atoms with van der Waals surface area (Å²) >= 11 is 0. The summed E-state index contributed by atoms with van der Waals surface area (Å²) in [6, 6.07) is 8.04. The maximum Gasteiger partial charge on any atom is 0.323 e. The predicted octanol–water partition coefficient (Wildman–Crippen LogP) is 2.11. The van der Waals surface area contributed by atoms with Crippen molar-refractivity contribution in [2.24, 2.45) is 5.92 Å². The van der Waals surface area contributed by atoms with Crippen LogP contribution in [0.1, 0.15) is 25.0 Å². The summed E-state index contributed by atoms with van der Waals surface area (Å²) in [4.78, 5) is 24.2. The number of aryl methyl sites for hydroxylation is 1. The third kappa shape index (κ3) is 4.73. The van der Waals surface area contributed by atoms with Gasteiger partial charge in [-0.25, -0.2) is 0 Å². The molecule has 0 radical (unpaired) electrons. The molecular formula is C15H21NO3. The van der Waals surface area contributed by atoms with E-state index >= 15 is 0 Å². The third-order valence-electron chi connectivity index (χ3n) is 3.10. The number of carbonyl (C=O) groups is 2. The lowest BCUT2D eigenvalue weighted by atomic mass is 9.99. The van der Waals surface area contributed by atoms with Gasteiger partial charge in [0, 0.05) is 12.5 Å². The molecule has 1 atom stereocenters. The Bertz CT molecular complexity index is 439. The molecule has 0 saturated carbocycles. The van der Waals surface area contributed by atoms with Crippen molar-refractivity contribution in [3.05, 3.63) is 35.4 Å². The number of carboxylic acid groups (broad SMARTS) is 1. The molecule has 0 bridgehead atoms. The van der Waals surface area contributed by atoms with Gasteiger partial charge in [-0.05, 0) is 25.8 Å². The number of aliphatic carboxylic acids is 1. The zero-order chi connectivity index (χ0) is 14.4. The Balaban J connectivity index is 2.65. The number of benzene rings is 1. The van der Waals surface area contributed by atoms with Gasteiger partial charge in [0.2, 0.25) is 5.91 Å². The van der Waals surface area contributed by atoms with Crippen LogP contribution in [0.5, 0.6) is 0 Å². The Morgan fingerprint density at radius 2 is 1.84 bits per heavy atom. The van der Waals surface area contributed by atoms with Gasteiger partial charge in [-0.3, -0.25) is 9.59 Å². The summed E-state index contributed by atoms with van der Waals surface area (Å²) in [7, 11) is 0. The maximum atomic E-state index is 12.1. The maximum absolute atomic E-state index is 12.1. The van der Waals surface area contributed by atoms with E-state index < -0.39 is 5.97 Å². The van der Waals surface area contributed by atoms with Crippen molar-refractivity contribution in [3.8, 4) is 0 Å². The van der Waals surface area contributed by atoms with E-state index in [9.17, 15) is 9.59 Å². The highest BCUT2D eigenvalue weighted by atomic mass is 16.4. The largest absolute Gasteiger partial charge is 0.480 e. The molecule has 0 aliphatic heterocycles. The summed E-state index contributed by atoms with van der Waals surface area (Å²) in [5.74, 6) is -1.29. The zero-order valence-corrected chi connectivity index (χ0v) is 11.7. The molecule has 0 fully saturated rings. The highest BCUT2D eigenvalue weighted by Crippen LogP contribution is 2.12. The minimum Gasteiger partial charge on any atom is -0.480 e. The standard InChI is InChI=1S/C15H21NO3/c1-4-16(10-14(17)18)15(19)12(3)9-13-7-5-11(2)6-8-13/h5-8,12H,4,9-10H2,1-3H3,(H,17,18). The Hall–Kier alpha value is -1.84. The van der Waals surface area contributed by atoms with E-state index in [1.165, 1.54) is 10.5 Å². The van der Waals surface area contributed by atoms with Gasteiger partial charge in [0.05, 0.1) is 0 Å². The minimum absolute atomic E-state index is 0.106. The molecule has 19 heavy (non-hydrogen) atoms. The van der Waals surface area contributed by atoms with Crippen LogP contribution in [-0.2, 0) is 16.0 Å². The van der Waals surface area contributed by atoms with E-state index in [1.807, 2.05) is 38.1 Å². The molecule has 0 spiro atoms. The van der Waals surface area contributed by atoms with Gasteiger partial charge in [-0.15, -0.1) is 0 Å². The van der Waals surface area contributed by atoms with Crippen LogP contribution in [0.3, 0.4) is 0 Å². The zero-order valence-electron chi connectivity index (χ0n) is 11.7. The van der Waals surface area contributed by atoms with Crippen molar-refractivity contribution in [2.75, 3.05) is 13.1 Å². The van der Waals surface area contributed by atoms with Crippen LogP contribution in [0.15, 0.2) is 24.3 Å². The number of rotatable bonds is 6. The van der Waals surface area contributed by atoms with Crippen molar-refractivity contribution in [1.82, 2.24) is 4.90 Å². The second-order valence-corrected chi connectivity index (χ2v) is 4.84. The molecular weight excluding hydrogens is 242 g/mol. The van der Waals surface area contributed by atoms with Gasteiger partial charge in [-0.1, -0.05) is 36.8 Å². The first-order valence-corrected chi connectivity index (χ1v) is 6.50. The molecule has 1 aromatic rings. The topological polar surface area (TPSA) is 57.6 Å². The fraction of sp³-hybridized carbons (Fsp3) is 0.467. The van der Waals surface area contributed by atoms with Crippen LogP contribution in [0, 0.1) is 12.8 Å². The Morgan fingerprint density at radius 3 is 2.32 bits per heavy atom. The number of likely N-dealkylation sites (N-methyl/N-ethyl adjacent to an activating group) is 1. The fourth-order valence-corrected chi connectivity index (χ4v) is 1.99. The highest BCUT2D eigenvalue weighted by Gasteiger charge is 2.21.